The van der Waals surface area contributed by atoms with Gasteiger partial charge in [-0.05, 0) is 12.1 Å². The molecule has 0 aliphatic rings. The SMILES string of the molecule is O=C(NO)c1cc(Cl)cc(Cl)c1O. The molecule has 0 heterocycles. The molecular formula is C7H5Cl2NO3. The lowest BCUT2D eigenvalue weighted by Gasteiger charge is -2.04. The molecule has 4 nitrogen and oxygen atoms in total. The number of rotatable bonds is 1. The predicted octanol–water partition coefficient (Wildman–Crippen LogP) is 1.82. The topological polar surface area (TPSA) is 69.6 Å². The Balaban J connectivity index is 3.28. The van der Waals surface area contributed by atoms with Gasteiger partial charge >= 0.3 is 0 Å². The first-order valence-corrected chi connectivity index (χ1v) is 3.94. The van der Waals surface area contributed by atoms with E-state index in [2.05, 4.69) is 0 Å². The molecule has 1 rings (SSSR count). The highest BCUT2D eigenvalue weighted by atomic mass is 35.5. The largest absolute Gasteiger partial charge is 0.506 e. The Morgan fingerprint density at radius 1 is 1.38 bits per heavy atom. The Kier molecular flexibility index (Phi) is 2.98. The van der Waals surface area contributed by atoms with Crippen LogP contribution in [0.2, 0.25) is 10.0 Å². The van der Waals surface area contributed by atoms with Crippen LogP contribution >= 0.6 is 23.2 Å². The van der Waals surface area contributed by atoms with Crippen LogP contribution in [0.5, 0.6) is 5.75 Å². The number of aromatic hydroxyl groups is 1. The molecular weight excluding hydrogens is 217 g/mol. The number of nitrogens with one attached hydrogen (secondary N) is 1. The fourth-order valence-electron chi connectivity index (χ4n) is 0.799. The zero-order valence-electron chi connectivity index (χ0n) is 6.21. The molecule has 0 radical (unpaired) electrons. The molecule has 1 aromatic rings. The van der Waals surface area contributed by atoms with Crippen molar-refractivity contribution in [1.82, 2.24) is 5.48 Å². The van der Waals surface area contributed by atoms with Crippen molar-refractivity contribution in [2.45, 2.75) is 0 Å². The van der Waals surface area contributed by atoms with Gasteiger partial charge in [0, 0.05) is 5.02 Å². The number of carbonyl (C=O) groups is 1. The molecule has 13 heavy (non-hydrogen) atoms. The summed E-state index contributed by atoms with van der Waals surface area (Å²) in [5.41, 5.74) is 1.18. The van der Waals surface area contributed by atoms with E-state index in [9.17, 15) is 9.90 Å². The van der Waals surface area contributed by atoms with Crippen molar-refractivity contribution in [2.75, 3.05) is 0 Å². The van der Waals surface area contributed by atoms with Gasteiger partial charge in [-0.3, -0.25) is 10.0 Å². The van der Waals surface area contributed by atoms with Gasteiger partial charge in [0.25, 0.3) is 5.91 Å². The Morgan fingerprint density at radius 3 is 2.54 bits per heavy atom. The first-order chi connectivity index (χ1) is 6.06. The van der Waals surface area contributed by atoms with Crippen LogP contribution in [0.1, 0.15) is 10.4 Å². The Hall–Kier alpha value is -0.970. The molecule has 0 unspecified atom stereocenters. The summed E-state index contributed by atoms with van der Waals surface area (Å²) >= 11 is 11.1. The first kappa shape index (κ1) is 10.1. The lowest BCUT2D eigenvalue weighted by Crippen LogP contribution is -2.18. The molecule has 0 saturated carbocycles. The molecule has 0 saturated heterocycles. The van der Waals surface area contributed by atoms with Crippen LogP contribution in [0.25, 0.3) is 0 Å². The van der Waals surface area contributed by atoms with Crippen molar-refractivity contribution in [3.63, 3.8) is 0 Å². The number of hydrogen-bond acceptors (Lipinski definition) is 3. The maximum absolute atomic E-state index is 10.9. The maximum Gasteiger partial charge on any atom is 0.278 e. The average Bonchev–Trinajstić information content (AvgIpc) is 2.10. The lowest BCUT2D eigenvalue weighted by molar-refractivity contribution is 0.0703. The second kappa shape index (κ2) is 3.83. The number of hydroxylamine groups is 1. The van der Waals surface area contributed by atoms with E-state index in [0.29, 0.717) is 0 Å². The van der Waals surface area contributed by atoms with Gasteiger partial charge in [0.05, 0.1) is 10.6 Å². The van der Waals surface area contributed by atoms with Gasteiger partial charge in [0.2, 0.25) is 0 Å². The van der Waals surface area contributed by atoms with Crippen molar-refractivity contribution in [3.8, 4) is 5.75 Å². The third-order valence-electron chi connectivity index (χ3n) is 1.37. The quantitative estimate of drug-likeness (QED) is 0.501. The van der Waals surface area contributed by atoms with E-state index < -0.39 is 11.7 Å². The van der Waals surface area contributed by atoms with E-state index in [0.717, 1.165) is 0 Å². The van der Waals surface area contributed by atoms with Gasteiger partial charge < -0.3 is 5.11 Å². The molecule has 6 heteroatoms. The third-order valence-corrected chi connectivity index (χ3v) is 1.88. The molecule has 0 aliphatic carbocycles. The van der Waals surface area contributed by atoms with E-state index in [1.54, 1.807) is 0 Å². The monoisotopic (exact) mass is 221 g/mol. The van der Waals surface area contributed by atoms with Crippen molar-refractivity contribution in [1.29, 1.82) is 0 Å². The van der Waals surface area contributed by atoms with Crippen LogP contribution in [-0.4, -0.2) is 16.2 Å². The highest BCUT2D eigenvalue weighted by molar-refractivity contribution is 6.36. The zero-order valence-corrected chi connectivity index (χ0v) is 7.73. The summed E-state index contributed by atoms with van der Waals surface area (Å²) < 4.78 is 0. The van der Waals surface area contributed by atoms with Gasteiger partial charge in [-0.1, -0.05) is 23.2 Å². The lowest BCUT2D eigenvalue weighted by atomic mass is 10.2. The molecule has 3 N–H and O–H groups in total. The Labute approximate surface area is 83.7 Å². The van der Waals surface area contributed by atoms with Gasteiger partial charge in [0.1, 0.15) is 5.75 Å². The predicted molar refractivity (Wildman–Crippen MR) is 47.4 cm³/mol. The second-order valence-electron chi connectivity index (χ2n) is 2.22. The maximum atomic E-state index is 10.9. The summed E-state index contributed by atoms with van der Waals surface area (Å²) in [6.07, 6.45) is 0. The van der Waals surface area contributed by atoms with Crippen LogP contribution in [0.4, 0.5) is 0 Å². The summed E-state index contributed by atoms with van der Waals surface area (Å²) in [6.45, 7) is 0. The molecule has 0 spiro atoms. The molecule has 0 bridgehead atoms. The molecule has 0 atom stereocenters. The summed E-state index contributed by atoms with van der Waals surface area (Å²) in [5, 5.41) is 17.7. The van der Waals surface area contributed by atoms with Gasteiger partial charge in [-0.25, -0.2) is 5.48 Å². The van der Waals surface area contributed by atoms with Gasteiger partial charge in [-0.2, -0.15) is 0 Å². The fraction of sp³-hybridized carbons (Fsp3) is 0. The minimum Gasteiger partial charge on any atom is -0.506 e. The number of amides is 1. The second-order valence-corrected chi connectivity index (χ2v) is 3.07. The Morgan fingerprint density at radius 2 is 2.00 bits per heavy atom. The zero-order chi connectivity index (χ0) is 10.0. The van der Waals surface area contributed by atoms with Gasteiger partial charge in [-0.15, -0.1) is 0 Å². The highest BCUT2D eigenvalue weighted by Crippen LogP contribution is 2.30. The van der Waals surface area contributed by atoms with Gasteiger partial charge in [0.15, 0.2) is 0 Å². The fourth-order valence-corrected chi connectivity index (χ4v) is 1.29. The van der Waals surface area contributed by atoms with Crippen LogP contribution in [0, 0.1) is 0 Å². The molecule has 0 aromatic heterocycles. The molecule has 1 aromatic carbocycles. The first-order valence-electron chi connectivity index (χ1n) is 3.18. The summed E-state index contributed by atoms with van der Waals surface area (Å²) in [7, 11) is 0. The van der Waals surface area contributed by atoms with Crippen LogP contribution < -0.4 is 5.48 Å². The number of benzene rings is 1. The number of carbonyl (C=O) groups excluding carboxylic acids is 1. The van der Waals surface area contributed by atoms with E-state index in [1.807, 2.05) is 0 Å². The molecule has 0 aliphatic heterocycles. The van der Waals surface area contributed by atoms with Crippen molar-refractivity contribution in [2.24, 2.45) is 0 Å². The third kappa shape index (κ3) is 2.03. The number of hydrogen-bond donors (Lipinski definition) is 3. The average molecular weight is 222 g/mol. The normalized spacial score (nSPS) is 9.77. The van der Waals surface area contributed by atoms with Crippen LogP contribution in [-0.2, 0) is 0 Å². The summed E-state index contributed by atoms with van der Waals surface area (Å²) in [4.78, 5) is 10.9. The van der Waals surface area contributed by atoms with Crippen LogP contribution in [0.3, 0.4) is 0 Å². The van der Waals surface area contributed by atoms with Crippen LogP contribution in [0.15, 0.2) is 12.1 Å². The minimum absolute atomic E-state index is 0.0499. The summed E-state index contributed by atoms with van der Waals surface area (Å²) in [6, 6.07) is 2.47. The van der Waals surface area contributed by atoms with E-state index in [4.69, 9.17) is 28.4 Å². The standard InChI is InChI=1S/C7H5Cl2NO3/c8-3-1-4(7(12)10-13)6(11)5(9)2-3/h1-2,11,13H,(H,10,12). The highest BCUT2D eigenvalue weighted by Gasteiger charge is 2.14. The smallest absolute Gasteiger partial charge is 0.278 e. The number of phenols is 1. The molecule has 1 amide bonds. The Bertz CT molecular complexity index is 354. The molecule has 0 fully saturated rings. The number of phenolic OH excluding ortho intramolecular Hbond substituents is 1. The van der Waals surface area contributed by atoms with E-state index in [1.165, 1.54) is 17.6 Å². The molecule has 70 valence electrons. The van der Waals surface area contributed by atoms with Crippen molar-refractivity contribution >= 4 is 29.1 Å². The minimum atomic E-state index is -0.873. The van der Waals surface area contributed by atoms with E-state index >= 15 is 0 Å². The summed E-state index contributed by atoms with van der Waals surface area (Å²) in [5.74, 6) is -1.29. The van der Waals surface area contributed by atoms with Crippen molar-refractivity contribution in [3.05, 3.63) is 27.7 Å². The van der Waals surface area contributed by atoms with Crippen molar-refractivity contribution < 1.29 is 15.1 Å². The number of halogens is 2. The van der Waals surface area contributed by atoms with E-state index in [-0.39, 0.29) is 15.6 Å².